The molecule has 3 rings (SSSR count). The molecule has 0 aliphatic heterocycles. The highest BCUT2D eigenvalue weighted by molar-refractivity contribution is 8.13. The van der Waals surface area contributed by atoms with Crippen molar-refractivity contribution in [1.82, 2.24) is 4.98 Å². The van der Waals surface area contributed by atoms with E-state index in [9.17, 15) is 8.42 Å². The van der Waals surface area contributed by atoms with Gasteiger partial charge in [0, 0.05) is 23.1 Å². The summed E-state index contributed by atoms with van der Waals surface area (Å²) in [4.78, 5) is 4.03. The molecule has 116 valence electrons. The third kappa shape index (κ3) is 3.88. The number of pyridine rings is 1. The maximum atomic E-state index is 11.2. The van der Waals surface area contributed by atoms with E-state index in [0.29, 0.717) is 11.5 Å². The molecule has 0 unspecified atom stereocenters. The number of rotatable bonds is 4. The largest absolute Gasteiger partial charge is 0.457 e. The summed E-state index contributed by atoms with van der Waals surface area (Å²) >= 11 is 0. The third-order valence-electron chi connectivity index (χ3n) is 3.21. The molecule has 0 spiro atoms. The predicted octanol–water partition coefficient (Wildman–Crippen LogP) is 4.47. The van der Waals surface area contributed by atoms with E-state index in [2.05, 4.69) is 4.98 Å². The molecule has 4 nitrogen and oxygen atoms in total. The van der Waals surface area contributed by atoms with Crippen LogP contribution in [0.25, 0.3) is 11.1 Å². The van der Waals surface area contributed by atoms with Crippen molar-refractivity contribution in [2.75, 3.05) is 0 Å². The van der Waals surface area contributed by atoms with Gasteiger partial charge in [0.2, 0.25) is 0 Å². The second-order valence-electron chi connectivity index (χ2n) is 4.77. The Balaban J connectivity index is 1.76. The minimum Gasteiger partial charge on any atom is -0.457 e. The van der Waals surface area contributed by atoms with Gasteiger partial charge < -0.3 is 4.74 Å². The zero-order chi connectivity index (χ0) is 16.3. The Morgan fingerprint density at radius 3 is 1.74 bits per heavy atom. The van der Waals surface area contributed by atoms with E-state index in [1.165, 1.54) is 12.1 Å². The first-order chi connectivity index (χ1) is 11.0. The molecular weight excluding hydrogens is 334 g/mol. The van der Waals surface area contributed by atoms with Crippen LogP contribution in [0.5, 0.6) is 11.5 Å². The van der Waals surface area contributed by atoms with Crippen LogP contribution in [0, 0.1) is 0 Å². The van der Waals surface area contributed by atoms with Crippen molar-refractivity contribution in [3.05, 3.63) is 73.1 Å². The van der Waals surface area contributed by atoms with Gasteiger partial charge in [-0.25, -0.2) is 8.42 Å². The number of hydrogen-bond donors (Lipinski definition) is 0. The van der Waals surface area contributed by atoms with Crippen molar-refractivity contribution in [3.63, 3.8) is 0 Å². The molecule has 3 aromatic rings. The second kappa shape index (κ2) is 6.40. The lowest BCUT2D eigenvalue weighted by Gasteiger charge is -2.07. The van der Waals surface area contributed by atoms with Crippen molar-refractivity contribution in [2.45, 2.75) is 4.90 Å². The highest BCUT2D eigenvalue weighted by Gasteiger charge is 2.09. The molecule has 0 atom stereocenters. The second-order valence-corrected chi connectivity index (χ2v) is 7.34. The normalized spacial score (nSPS) is 11.2. The standard InChI is InChI=1S/C17H12ClNO3S/c18-23(20,21)17-7-5-16(6-8-17)22-15-3-1-13(2-4-15)14-9-11-19-12-10-14/h1-12H. The molecule has 6 heteroatoms. The highest BCUT2D eigenvalue weighted by Crippen LogP contribution is 2.26. The van der Waals surface area contributed by atoms with Gasteiger partial charge in [-0.3, -0.25) is 4.98 Å². The Labute approximate surface area is 138 Å². The molecule has 1 aromatic heterocycles. The van der Waals surface area contributed by atoms with E-state index in [-0.39, 0.29) is 4.90 Å². The molecule has 0 aliphatic carbocycles. The third-order valence-corrected chi connectivity index (χ3v) is 4.58. The molecule has 0 bridgehead atoms. The van der Waals surface area contributed by atoms with Gasteiger partial charge in [0.05, 0.1) is 4.90 Å². The monoisotopic (exact) mass is 345 g/mol. The molecular formula is C17H12ClNO3S. The number of benzene rings is 2. The van der Waals surface area contributed by atoms with Crippen molar-refractivity contribution >= 4 is 19.7 Å². The Hall–Kier alpha value is -2.37. The minimum atomic E-state index is -3.72. The van der Waals surface area contributed by atoms with Crippen molar-refractivity contribution < 1.29 is 13.2 Å². The first kappa shape index (κ1) is 15.5. The molecule has 0 radical (unpaired) electrons. The molecule has 1 heterocycles. The van der Waals surface area contributed by atoms with Crippen molar-refractivity contribution in [2.24, 2.45) is 0 Å². The van der Waals surface area contributed by atoms with E-state index in [1.807, 2.05) is 36.4 Å². The molecule has 23 heavy (non-hydrogen) atoms. The average Bonchev–Trinajstić information content (AvgIpc) is 2.56. The first-order valence-corrected chi connectivity index (χ1v) is 9.06. The maximum absolute atomic E-state index is 11.2. The van der Waals surface area contributed by atoms with E-state index in [1.54, 1.807) is 24.5 Å². The summed E-state index contributed by atoms with van der Waals surface area (Å²) in [6.45, 7) is 0. The average molecular weight is 346 g/mol. The fourth-order valence-corrected chi connectivity index (χ4v) is 2.84. The summed E-state index contributed by atoms with van der Waals surface area (Å²) in [6, 6.07) is 17.4. The summed E-state index contributed by atoms with van der Waals surface area (Å²) in [5, 5.41) is 0. The van der Waals surface area contributed by atoms with Crippen LogP contribution in [0.3, 0.4) is 0 Å². The molecule has 0 amide bonds. The molecule has 2 aromatic carbocycles. The molecule has 0 saturated carbocycles. The quantitative estimate of drug-likeness (QED) is 0.655. The van der Waals surface area contributed by atoms with Gasteiger partial charge in [0.25, 0.3) is 9.05 Å². The summed E-state index contributed by atoms with van der Waals surface area (Å²) in [5.41, 5.74) is 2.13. The van der Waals surface area contributed by atoms with Gasteiger partial charge >= 0.3 is 0 Å². The first-order valence-electron chi connectivity index (χ1n) is 6.75. The molecule has 0 fully saturated rings. The Bertz CT molecular complexity index is 893. The van der Waals surface area contributed by atoms with Gasteiger partial charge in [-0.15, -0.1) is 0 Å². The Morgan fingerprint density at radius 2 is 1.22 bits per heavy atom. The maximum Gasteiger partial charge on any atom is 0.261 e. The zero-order valence-corrected chi connectivity index (χ0v) is 13.5. The molecule has 0 N–H and O–H groups in total. The summed E-state index contributed by atoms with van der Waals surface area (Å²) < 4.78 is 28.1. The Kier molecular flexibility index (Phi) is 4.32. The summed E-state index contributed by atoms with van der Waals surface area (Å²) in [5.74, 6) is 1.19. The topological polar surface area (TPSA) is 56.3 Å². The highest BCUT2D eigenvalue weighted by atomic mass is 35.7. The van der Waals surface area contributed by atoms with E-state index in [4.69, 9.17) is 15.4 Å². The van der Waals surface area contributed by atoms with Crippen LogP contribution in [0.2, 0.25) is 0 Å². The van der Waals surface area contributed by atoms with E-state index >= 15 is 0 Å². The number of ether oxygens (including phenoxy) is 1. The van der Waals surface area contributed by atoms with Crippen LogP contribution >= 0.6 is 10.7 Å². The summed E-state index contributed by atoms with van der Waals surface area (Å²) in [7, 11) is 1.56. The van der Waals surface area contributed by atoms with E-state index < -0.39 is 9.05 Å². The number of aromatic nitrogens is 1. The van der Waals surface area contributed by atoms with Crippen molar-refractivity contribution in [1.29, 1.82) is 0 Å². The van der Waals surface area contributed by atoms with Gasteiger partial charge in [-0.1, -0.05) is 12.1 Å². The van der Waals surface area contributed by atoms with Gasteiger partial charge in [0.1, 0.15) is 11.5 Å². The van der Waals surface area contributed by atoms with E-state index in [0.717, 1.165) is 11.1 Å². The number of halogens is 1. The Morgan fingerprint density at radius 1 is 0.739 bits per heavy atom. The zero-order valence-electron chi connectivity index (χ0n) is 11.9. The van der Waals surface area contributed by atoms with Crippen molar-refractivity contribution in [3.8, 4) is 22.6 Å². The van der Waals surface area contributed by atoms with Gasteiger partial charge in [-0.05, 0) is 59.7 Å². The predicted molar refractivity (Wildman–Crippen MR) is 89.2 cm³/mol. The van der Waals surface area contributed by atoms with Crippen LogP contribution < -0.4 is 4.74 Å². The fraction of sp³-hybridized carbons (Fsp3) is 0. The summed E-state index contributed by atoms with van der Waals surface area (Å²) in [6.07, 6.45) is 3.48. The molecule has 0 saturated heterocycles. The number of hydrogen-bond acceptors (Lipinski definition) is 4. The smallest absolute Gasteiger partial charge is 0.261 e. The van der Waals surface area contributed by atoms with Crippen LogP contribution in [0.1, 0.15) is 0 Å². The lowest BCUT2D eigenvalue weighted by molar-refractivity contribution is 0.482. The SMILES string of the molecule is O=S(=O)(Cl)c1ccc(Oc2ccc(-c3ccncc3)cc2)cc1. The fourth-order valence-electron chi connectivity index (χ4n) is 2.07. The lowest BCUT2D eigenvalue weighted by atomic mass is 10.1. The molecule has 0 aliphatic rings. The van der Waals surface area contributed by atoms with Crippen LogP contribution in [0.4, 0.5) is 0 Å². The van der Waals surface area contributed by atoms with Crippen LogP contribution in [0.15, 0.2) is 78.0 Å². The minimum absolute atomic E-state index is 0.0413. The van der Waals surface area contributed by atoms with Gasteiger partial charge in [-0.2, -0.15) is 0 Å². The van der Waals surface area contributed by atoms with Gasteiger partial charge in [0.15, 0.2) is 0 Å². The van der Waals surface area contributed by atoms with Crippen LogP contribution in [-0.2, 0) is 9.05 Å². The number of nitrogens with zero attached hydrogens (tertiary/aromatic N) is 1. The van der Waals surface area contributed by atoms with Crippen LogP contribution in [-0.4, -0.2) is 13.4 Å². The lowest BCUT2D eigenvalue weighted by Crippen LogP contribution is -1.90.